The summed E-state index contributed by atoms with van der Waals surface area (Å²) in [6, 6.07) is 16.2. The molecule has 0 spiro atoms. The molecule has 2 aromatic carbocycles. The molecule has 0 saturated carbocycles. The Morgan fingerprint density at radius 2 is 1.92 bits per heavy atom. The van der Waals surface area contributed by atoms with Crippen LogP contribution in [0.4, 0.5) is 0 Å². The lowest BCUT2D eigenvalue weighted by Gasteiger charge is -2.22. The molecular weight excluding hydrogens is 330 g/mol. The molecule has 6 nitrogen and oxygen atoms in total. The van der Waals surface area contributed by atoms with Crippen LogP contribution in [0, 0.1) is 0 Å². The molecule has 138 valence electrons. The van der Waals surface area contributed by atoms with E-state index in [-0.39, 0.29) is 0 Å². The fourth-order valence-electron chi connectivity index (χ4n) is 2.77. The smallest absolute Gasteiger partial charge is 0.231 e. The van der Waals surface area contributed by atoms with Crippen molar-refractivity contribution in [1.82, 2.24) is 10.2 Å². The van der Waals surface area contributed by atoms with Gasteiger partial charge in [0.2, 0.25) is 6.79 Å². The highest BCUT2D eigenvalue weighted by Gasteiger charge is 2.14. The Morgan fingerprint density at radius 3 is 2.73 bits per heavy atom. The van der Waals surface area contributed by atoms with Gasteiger partial charge in [-0.3, -0.25) is 4.99 Å². The maximum Gasteiger partial charge on any atom is 0.231 e. The molecule has 0 atom stereocenters. The van der Waals surface area contributed by atoms with Gasteiger partial charge in [0.1, 0.15) is 0 Å². The van der Waals surface area contributed by atoms with Crippen molar-refractivity contribution in [3.8, 4) is 11.5 Å². The van der Waals surface area contributed by atoms with Crippen LogP contribution in [0.2, 0.25) is 0 Å². The van der Waals surface area contributed by atoms with E-state index >= 15 is 0 Å². The van der Waals surface area contributed by atoms with Crippen molar-refractivity contribution in [3.05, 3.63) is 59.7 Å². The highest BCUT2D eigenvalue weighted by Crippen LogP contribution is 2.32. The molecule has 26 heavy (non-hydrogen) atoms. The summed E-state index contributed by atoms with van der Waals surface area (Å²) in [6.07, 6.45) is 0. The van der Waals surface area contributed by atoms with E-state index in [4.69, 9.17) is 14.2 Å². The minimum absolute atomic E-state index is 0.292. The molecule has 0 aliphatic carbocycles. The first-order valence-corrected chi connectivity index (χ1v) is 8.68. The summed E-state index contributed by atoms with van der Waals surface area (Å²) in [5.74, 6) is 2.42. The second-order valence-electron chi connectivity index (χ2n) is 6.06. The SMILES string of the molecule is CN=C(NCCOCc1ccccc1)N(C)Cc1ccc2c(c1)OCO2. The summed E-state index contributed by atoms with van der Waals surface area (Å²) in [7, 11) is 3.79. The third-order valence-electron chi connectivity index (χ3n) is 4.07. The van der Waals surface area contributed by atoms with E-state index < -0.39 is 0 Å². The number of fused-ring (bicyclic) bond motifs is 1. The van der Waals surface area contributed by atoms with Crippen LogP contribution in [-0.4, -0.2) is 44.9 Å². The Labute approximate surface area is 154 Å². The first-order chi connectivity index (χ1) is 12.8. The van der Waals surface area contributed by atoms with Gasteiger partial charge in [-0.2, -0.15) is 0 Å². The van der Waals surface area contributed by atoms with Crippen LogP contribution in [0.3, 0.4) is 0 Å². The monoisotopic (exact) mass is 355 g/mol. The van der Waals surface area contributed by atoms with Crippen molar-refractivity contribution in [2.45, 2.75) is 13.2 Å². The molecule has 0 saturated heterocycles. The molecule has 6 heteroatoms. The number of aliphatic imine (C=N–C) groups is 1. The van der Waals surface area contributed by atoms with Crippen molar-refractivity contribution in [3.63, 3.8) is 0 Å². The Hall–Kier alpha value is -2.73. The molecule has 0 bridgehead atoms. The average molecular weight is 355 g/mol. The highest BCUT2D eigenvalue weighted by molar-refractivity contribution is 5.79. The number of nitrogens with one attached hydrogen (secondary N) is 1. The second kappa shape index (κ2) is 9.10. The predicted molar refractivity (Wildman–Crippen MR) is 101 cm³/mol. The van der Waals surface area contributed by atoms with Crippen LogP contribution < -0.4 is 14.8 Å². The fourth-order valence-corrected chi connectivity index (χ4v) is 2.77. The molecule has 3 rings (SSSR count). The number of hydrogen-bond acceptors (Lipinski definition) is 4. The van der Waals surface area contributed by atoms with Gasteiger partial charge in [-0.05, 0) is 23.3 Å². The molecule has 1 aliphatic rings. The van der Waals surface area contributed by atoms with Gasteiger partial charge in [0, 0.05) is 27.2 Å². The molecule has 2 aromatic rings. The number of hydrogen-bond donors (Lipinski definition) is 1. The van der Waals surface area contributed by atoms with Gasteiger partial charge >= 0.3 is 0 Å². The molecule has 0 fully saturated rings. The van der Waals surface area contributed by atoms with Gasteiger partial charge in [-0.15, -0.1) is 0 Å². The first-order valence-electron chi connectivity index (χ1n) is 8.68. The minimum atomic E-state index is 0.292. The number of guanidine groups is 1. The van der Waals surface area contributed by atoms with Crippen LogP contribution in [-0.2, 0) is 17.9 Å². The number of nitrogens with zero attached hydrogens (tertiary/aromatic N) is 2. The maximum atomic E-state index is 5.70. The van der Waals surface area contributed by atoms with Gasteiger partial charge in [0.25, 0.3) is 0 Å². The van der Waals surface area contributed by atoms with Crippen LogP contribution in [0.25, 0.3) is 0 Å². The standard InChI is InChI=1S/C20H25N3O3/c1-21-20(22-10-11-24-14-16-6-4-3-5-7-16)23(2)13-17-8-9-18-19(12-17)26-15-25-18/h3-9,12H,10-11,13-15H2,1-2H3,(H,21,22). The molecule has 0 amide bonds. The van der Waals surface area contributed by atoms with E-state index in [0.29, 0.717) is 26.6 Å². The van der Waals surface area contributed by atoms with E-state index in [0.717, 1.165) is 29.6 Å². The summed E-state index contributed by atoms with van der Waals surface area (Å²) in [5.41, 5.74) is 2.32. The maximum absolute atomic E-state index is 5.70. The normalized spacial score (nSPS) is 12.9. The number of rotatable bonds is 7. The molecule has 1 aliphatic heterocycles. The second-order valence-corrected chi connectivity index (χ2v) is 6.06. The summed E-state index contributed by atoms with van der Waals surface area (Å²) < 4.78 is 16.5. The molecule has 0 radical (unpaired) electrons. The van der Waals surface area contributed by atoms with Crippen molar-refractivity contribution >= 4 is 5.96 Å². The zero-order chi connectivity index (χ0) is 18.2. The Balaban J connectivity index is 1.41. The highest BCUT2D eigenvalue weighted by atomic mass is 16.7. The van der Waals surface area contributed by atoms with Crippen molar-refractivity contribution in [2.75, 3.05) is 34.0 Å². The van der Waals surface area contributed by atoms with Gasteiger partial charge in [-0.1, -0.05) is 36.4 Å². The molecule has 1 N–H and O–H groups in total. The van der Waals surface area contributed by atoms with E-state index in [1.54, 1.807) is 7.05 Å². The Morgan fingerprint density at radius 1 is 1.12 bits per heavy atom. The lowest BCUT2D eigenvalue weighted by atomic mass is 10.2. The minimum Gasteiger partial charge on any atom is -0.454 e. The van der Waals surface area contributed by atoms with Gasteiger partial charge < -0.3 is 24.4 Å². The van der Waals surface area contributed by atoms with Crippen LogP contribution >= 0.6 is 0 Å². The zero-order valence-electron chi connectivity index (χ0n) is 15.3. The van der Waals surface area contributed by atoms with E-state index in [1.807, 2.05) is 43.4 Å². The number of benzene rings is 2. The van der Waals surface area contributed by atoms with Crippen LogP contribution in [0.5, 0.6) is 11.5 Å². The third kappa shape index (κ3) is 4.89. The molecular formula is C20H25N3O3. The predicted octanol–water partition coefficient (Wildman–Crippen LogP) is 2.64. The van der Waals surface area contributed by atoms with Crippen LogP contribution in [0.15, 0.2) is 53.5 Å². The molecule has 1 heterocycles. The van der Waals surface area contributed by atoms with Gasteiger partial charge in [0.15, 0.2) is 17.5 Å². The average Bonchev–Trinajstić information content (AvgIpc) is 3.13. The summed E-state index contributed by atoms with van der Waals surface area (Å²) in [4.78, 5) is 6.40. The van der Waals surface area contributed by atoms with Crippen molar-refractivity contribution < 1.29 is 14.2 Å². The summed E-state index contributed by atoms with van der Waals surface area (Å²) in [5, 5.41) is 3.32. The van der Waals surface area contributed by atoms with Crippen LogP contribution in [0.1, 0.15) is 11.1 Å². The van der Waals surface area contributed by atoms with Crippen molar-refractivity contribution in [1.29, 1.82) is 0 Å². The van der Waals surface area contributed by atoms with Gasteiger partial charge in [-0.25, -0.2) is 0 Å². The molecule has 0 aromatic heterocycles. The summed E-state index contributed by atoms with van der Waals surface area (Å²) in [6.45, 7) is 2.95. The third-order valence-corrected chi connectivity index (χ3v) is 4.07. The lowest BCUT2D eigenvalue weighted by molar-refractivity contribution is 0.125. The largest absolute Gasteiger partial charge is 0.454 e. The Bertz CT molecular complexity index is 734. The van der Waals surface area contributed by atoms with Crippen molar-refractivity contribution in [2.24, 2.45) is 4.99 Å². The Kier molecular flexibility index (Phi) is 6.33. The van der Waals surface area contributed by atoms with Gasteiger partial charge in [0.05, 0.1) is 13.2 Å². The topological polar surface area (TPSA) is 55.3 Å². The zero-order valence-corrected chi connectivity index (χ0v) is 15.3. The fraction of sp³-hybridized carbons (Fsp3) is 0.350. The van der Waals surface area contributed by atoms with E-state index in [2.05, 4.69) is 27.3 Å². The first kappa shape index (κ1) is 18.1. The van der Waals surface area contributed by atoms with E-state index in [9.17, 15) is 0 Å². The quantitative estimate of drug-likeness (QED) is 0.470. The van der Waals surface area contributed by atoms with E-state index in [1.165, 1.54) is 5.56 Å². The summed E-state index contributed by atoms with van der Waals surface area (Å²) >= 11 is 0. The lowest BCUT2D eigenvalue weighted by Crippen LogP contribution is -2.39. The molecule has 0 unspecified atom stereocenters. The number of ether oxygens (including phenoxy) is 3.